The molecule has 7 rings (SSSR count). The largest absolute Gasteiger partial charge is 0.461 e. The molecule has 0 spiro atoms. The number of ether oxygens (including phenoxy) is 1. The second kappa shape index (κ2) is 12.3. The van der Waals surface area contributed by atoms with Crippen LogP contribution in [0.15, 0.2) is 30.9 Å². The topological polar surface area (TPSA) is 112 Å². The number of hydrogen-bond acceptors (Lipinski definition) is 9. The van der Waals surface area contributed by atoms with Crippen molar-refractivity contribution >= 4 is 49.1 Å². The molecule has 3 saturated heterocycles. The molecular formula is C34H31F6N7O2S. The van der Waals surface area contributed by atoms with Crippen molar-refractivity contribution in [2.45, 2.75) is 49.6 Å². The number of anilines is 2. The molecule has 262 valence electrons. The number of likely N-dealkylation sites (N-methyl/N-ethyl adjacent to an activating group) is 1. The third kappa shape index (κ3) is 5.47. The van der Waals surface area contributed by atoms with Crippen LogP contribution in [0.5, 0.6) is 6.01 Å². The van der Waals surface area contributed by atoms with Gasteiger partial charge in [-0.3, -0.25) is 9.69 Å². The average Bonchev–Trinajstić information content (AvgIpc) is 3.85. The molecule has 0 saturated carbocycles. The summed E-state index contributed by atoms with van der Waals surface area (Å²) in [6.07, 6.45) is -2.87. The molecule has 2 N–H and O–H groups in total. The van der Waals surface area contributed by atoms with Gasteiger partial charge in [-0.2, -0.15) is 28.4 Å². The lowest BCUT2D eigenvalue weighted by molar-refractivity contribution is -0.137. The quantitative estimate of drug-likeness (QED) is 0.172. The monoisotopic (exact) mass is 715 g/mol. The second-order valence-electron chi connectivity index (χ2n) is 13.0. The summed E-state index contributed by atoms with van der Waals surface area (Å²) in [6.45, 7) is 4.98. The minimum Gasteiger partial charge on any atom is -0.461 e. The summed E-state index contributed by atoms with van der Waals surface area (Å²) >= 11 is 0.673. The van der Waals surface area contributed by atoms with Crippen LogP contribution < -0.4 is 15.4 Å². The third-order valence-corrected chi connectivity index (χ3v) is 11.2. The van der Waals surface area contributed by atoms with Crippen molar-refractivity contribution in [1.29, 1.82) is 5.26 Å². The molecule has 1 amide bonds. The number of nitrogens with zero attached hydrogens (tertiary/aromatic N) is 6. The number of rotatable bonds is 7. The summed E-state index contributed by atoms with van der Waals surface area (Å²) in [5, 5.41) is 9.15. The van der Waals surface area contributed by atoms with Gasteiger partial charge in [0.2, 0.25) is 5.91 Å². The normalized spacial score (nSPS) is 22.3. The average molecular weight is 716 g/mol. The van der Waals surface area contributed by atoms with E-state index in [0.29, 0.717) is 37.3 Å². The summed E-state index contributed by atoms with van der Waals surface area (Å²) in [4.78, 5) is 26.2. The number of aromatic nitrogens is 2. The number of halogens is 6. The lowest BCUT2D eigenvalue weighted by atomic mass is 9.92. The van der Waals surface area contributed by atoms with Crippen LogP contribution in [0.1, 0.15) is 36.8 Å². The van der Waals surface area contributed by atoms with Gasteiger partial charge >= 0.3 is 12.2 Å². The van der Waals surface area contributed by atoms with Crippen molar-refractivity contribution in [2.75, 3.05) is 50.5 Å². The maximum absolute atomic E-state index is 17.0. The van der Waals surface area contributed by atoms with Gasteiger partial charge in [0.15, 0.2) is 5.82 Å². The van der Waals surface area contributed by atoms with Crippen LogP contribution in [-0.4, -0.2) is 83.3 Å². The van der Waals surface area contributed by atoms with Crippen molar-refractivity contribution in [3.8, 4) is 23.2 Å². The summed E-state index contributed by atoms with van der Waals surface area (Å²) in [6, 6.07) is 3.69. The van der Waals surface area contributed by atoms with E-state index in [1.165, 1.54) is 11.0 Å². The first-order valence-corrected chi connectivity index (χ1v) is 16.8. The fourth-order valence-electron chi connectivity index (χ4n) is 7.73. The molecule has 9 nitrogen and oxygen atoms in total. The number of fused-ring (bicyclic) bond motifs is 3. The molecule has 0 aliphatic carbocycles. The summed E-state index contributed by atoms with van der Waals surface area (Å²) < 4.78 is 97.2. The second-order valence-corrected chi connectivity index (χ2v) is 14.0. The van der Waals surface area contributed by atoms with Crippen molar-refractivity contribution in [3.63, 3.8) is 0 Å². The molecule has 3 atom stereocenters. The molecule has 0 radical (unpaired) electrons. The minimum absolute atomic E-state index is 0.0273. The summed E-state index contributed by atoms with van der Waals surface area (Å²) in [7, 11) is 1.58. The highest BCUT2D eigenvalue weighted by atomic mass is 32.1. The molecule has 3 aliphatic heterocycles. The van der Waals surface area contributed by atoms with Crippen LogP contribution in [0.25, 0.3) is 32.1 Å². The zero-order valence-electron chi connectivity index (χ0n) is 26.8. The number of nitrogen functional groups attached to an aromatic ring is 1. The fraction of sp³-hybridized carbons (Fsp3) is 0.412. The van der Waals surface area contributed by atoms with Gasteiger partial charge in [0.05, 0.1) is 21.4 Å². The predicted octanol–water partition coefficient (Wildman–Crippen LogP) is 6.44. The molecular weight excluding hydrogens is 684 g/mol. The Morgan fingerprint density at radius 3 is 2.78 bits per heavy atom. The maximum Gasteiger partial charge on any atom is 0.417 e. The van der Waals surface area contributed by atoms with Gasteiger partial charge in [-0.15, -0.1) is 11.3 Å². The molecule has 2 aromatic carbocycles. The smallest absolute Gasteiger partial charge is 0.417 e. The first-order chi connectivity index (χ1) is 23.8. The Hall–Kier alpha value is -4.62. The van der Waals surface area contributed by atoms with Crippen LogP contribution in [0.3, 0.4) is 0 Å². The number of hydrogen-bond donors (Lipinski definition) is 1. The number of likely N-dealkylation sites (tertiary alicyclic amines) is 1. The van der Waals surface area contributed by atoms with Crippen LogP contribution in [-0.2, 0) is 11.0 Å². The number of benzene rings is 2. The van der Waals surface area contributed by atoms with Crippen LogP contribution >= 0.6 is 11.3 Å². The Morgan fingerprint density at radius 2 is 2.06 bits per heavy atom. The molecule has 5 heterocycles. The van der Waals surface area contributed by atoms with Crippen molar-refractivity contribution in [1.82, 2.24) is 19.8 Å². The van der Waals surface area contributed by atoms with Crippen LogP contribution in [0, 0.1) is 23.0 Å². The van der Waals surface area contributed by atoms with Crippen molar-refractivity contribution < 1.29 is 35.9 Å². The lowest BCUT2D eigenvalue weighted by Gasteiger charge is -2.31. The number of alkyl halides is 4. The van der Waals surface area contributed by atoms with E-state index in [-0.39, 0.29) is 75.5 Å². The Bertz CT molecular complexity index is 2100. The zero-order valence-corrected chi connectivity index (χ0v) is 27.6. The van der Waals surface area contributed by atoms with Crippen LogP contribution in [0.4, 0.5) is 37.2 Å². The zero-order chi connectivity index (χ0) is 35.7. The highest BCUT2D eigenvalue weighted by molar-refractivity contribution is 7.23. The van der Waals surface area contributed by atoms with E-state index >= 15 is 4.39 Å². The summed E-state index contributed by atoms with van der Waals surface area (Å²) in [5.41, 5.74) is 1.81. The number of nitriles is 1. The minimum atomic E-state index is -5.12. The highest BCUT2D eigenvalue weighted by Crippen LogP contribution is 2.48. The van der Waals surface area contributed by atoms with Gasteiger partial charge in [0.25, 0.3) is 0 Å². The first kappa shape index (κ1) is 33.9. The van der Waals surface area contributed by atoms with Gasteiger partial charge in [0, 0.05) is 55.5 Å². The number of amides is 1. The molecule has 3 aliphatic rings. The van der Waals surface area contributed by atoms with E-state index in [4.69, 9.17) is 10.5 Å². The third-order valence-electron chi connectivity index (χ3n) is 10.2. The van der Waals surface area contributed by atoms with Crippen molar-refractivity contribution in [2.24, 2.45) is 0 Å². The molecule has 0 bridgehead atoms. The predicted molar refractivity (Wildman–Crippen MR) is 177 cm³/mol. The number of carbonyl (C=O) groups is 1. The number of thiophene rings is 1. The van der Waals surface area contributed by atoms with E-state index in [1.807, 2.05) is 11.0 Å². The number of nitrogens with two attached hydrogens (primary N) is 1. The van der Waals surface area contributed by atoms with Gasteiger partial charge in [-0.25, -0.2) is 13.2 Å². The SMILES string of the molecule is C=CC(=O)N1CCC(N(C)c2nc(OCC34CCCN3CC(F)C4)nc3c(F)c(-c4ccc(F)c5sc(N)c(C#N)c45)c(C(F)(F)F)cc23)C1. The van der Waals surface area contributed by atoms with Gasteiger partial charge in [-0.1, -0.05) is 12.6 Å². The fourth-order valence-corrected chi connectivity index (χ4v) is 8.68. The Labute approximate surface area is 286 Å². The van der Waals surface area contributed by atoms with E-state index in [1.54, 1.807) is 11.9 Å². The lowest BCUT2D eigenvalue weighted by Crippen LogP contribution is -2.43. The molecule has 2 aromatic heterocycles. The maximum atomic E-state index is 17.0. The first-order valence-electron chi connectivity index (χ1n) is 15.9. The summed E-state index contributed by atoms with van der Waals surface area (Å²) in [5.74, 6) is -2.61. The highest BCUT2D eigenvalue weighted by Gasteiger charge is 2.49. The van der Waals surface area contributed by atoms with E-state index in [0.717, 1.165) is 24.6 Å². The number of carbonyl (C=O) groups excluding carboxylic acids is 1. The standard InChI is InChI=1S/C34H31F6N7O2S/c1-3-24(48)46-10-7-18(15-46)45(2)31-20-11-22(34(38,39)40)26(19-5-6-23(36)29-25(19)21(13-41)30(42)50-29)27(37)28(20)43-32(44-31)49-16-33-8-4-9-47(33)14-17(35)12-33/h3,5-6,11,17-18H,1,4,7-10,12,14-16,42H2,2H3. The molecule has 3 unspecified atom stereocenters. The van der Waals surface area contributed by atoms with Gasteiger partial charge in [0.1, 0.15) is 41.0 Å². The molecule has 16 heteroatoms. The molecule has 3 fully saturated rings. The van der Waals surface area contributed by atoms with Crippen LogP contribution in [0.2, 0.25) is 0 Å². The van der Waals surface area contributed by atoms with Gasteiger partial charge < -0.3 is 20.3 Å². The van der Waals surface area contributed by atoms with E-state index in [2.05, 4.69) is 16.5 Å². The van der Waals surface area contributed by atoms with Gasteiger partial charge in [-0.05, 0) is 49.6 Å². The van der Waals surface area contributed by atoms with E-state index in [9.17, 15) is 32.0 Å². The Morgan fingerprint density at radius 1 is 1.28 bits per heavy atom. The molecule has 4 aromatic rings. The Balaban J connectivity index is 1.44. The Kier molecular flexibility index (Phi) is 8.33. The molecule has 50 heavy (non-hydrogen) atoms. The van der Waals surface area contributed by atoms with Crippen molar-refractivity contribution in [3.05, 3.63) is 53.6 Å². The van der Waals surface area contributed by atoms with E-state index < -0.39 is 52.2 Å².